The Labute approximate surface area is 220 Å². The highest BCUT2D eigenvalue weighted by molar-refractivity contribution is 7.09. The molecule has 3 rings (SSSR count). The van der Waals surface area contributed by atoms with Crippen molar-refractivity contribution in [3.05, 3.63) is 10.6 Å². The van der Waals surface area contributed by atoms with Gasteiger partial charge in [0.2, 0.25) is 5.91 Å². The summed E-state index contributed by atoms with van der Waals surface area (Å²) in [5.74, 6) is 0.0169. The number of hydrogen-bond donors (Lipinski definition) is 3. The summed E-state index contributed by atoms with van der Waals surface area (Å²) in [4.78, 5) is 42.3. The largest absolute Gasteiger partial charge is 0.395 e. The Morgan fingerprint density at radius 1 is 1.00 bits per heavy atom. The van der Waals surface area contributed by atoms with E-state index in [1.54, 1.807) is 4.90 Å². The summed E-state index contributed by atoms with van der Waals surface area (Å²) in [7, 11) is 0. The average Bonchev–Trinajstić information content (AvgIpc) is 3.48. The third-order valence-electron chi connectivity index (χ3n) is 7.38. The van der Waals surface area contributed by atoms with Crippen molar-refractivity contribution in [1.29, 1.82) is 0 Å². The molecule has 2 aliphatic rings. The zero-order chi connectivity index (χ0) is 26.2. The standard InChI is InChI=1S/C27H45N5O3S/c1-17(2)14-15-29-25(33)21(16-18(3)4)32(20-12-8-9-13-20)27(35)24-22(28)23(31-36-24)26(34)30-19-10-6-5-7-11-19/h17-21H,5-16,28H2,1-4H3,(H,29,33)(H,30,34)/t21-/m0/s1. The van der Waals surface area contributed by atoms with Gasteiger partial charge in [0.25, 0.3) is 11.8 Å². The van der Waals surface area contributed by atoms with Crippen LogP contribution < -0.4 is 16.4 Å². The maximum Gasteiger partial charge on any atom is 0.273 e. The van der Waals surface area contributed by atoms with E-state index in [-0.39, 0.29) is 52.0 Å². The zero-order valence-electron chi connectivity index (χ0n) is 22.5. The molecular weight excluding hydrogens is 474 g/mol. The van der Waals surface area contributed by atoms with Gasteiger partial charge in [-0.25, -0.2) is 0 Å². The van der Waals surface area contributed by atoms with E-state index >= 15 is 0 Å². The Balaban J connectivity index is 1.84. The minimum atomic E-state index is -0.575. The molecule has 0 radical (unpaired) electrons. The Kier molecular flexibility index (Phi) is 10.6. The third-order valence-corrected chi connectivity index (χ3v) is 8.24. The lowest BCUT2D eigenvalue weighted by molar-refractivity contribution is -0.127. The maximum atomic E-state index is 14.0. The van der Waals surface area contributed by atoms with Gasteiger partial charge in [-0.15, -0.1) is 0 Å². The molecule has 2 saturated carbocycles. The molecule has 0 unspecified atom stereocenters. The second-order valence-corrected chi connectivity index (χ2v) is 12.1. The molecule has 0 aliphatic heterocycles. The van der Waals surface area contributed by atoms with Gasteiger partial charge in [0.1, 0.15) is 10.9 Å². The van der Waals surface area contributed by atoms with Crippen molar-refractivity contribution in [3.63, 3.8) is 0 Å². The lowest BCUT2D eigenvalue weighted by Gasteiger charge is -2.36. The van der Waals surface area contributed by atoms with Crippen molar-refractivity contribution in [2.24, 2.45) is 11.8 Å². The van der Waals surface area contributed by atoms with Crippen LogP contribution in [0.15, 0.2) is 0 Å². The molecule has 3 amide bonds. The fourth-order valence-electron chi connectivity index (χ4n) is 5.37. The highest BCUT2D eigenvalue weighted by Gasteiger charge is 2.39. The van der Waals surface area contributed by atoms with Gasteiger partial charge in [0.05, 0.1) is 5.69 Å². The van der Waals surface area contributed by atoms with Gasteiger partial charge in [0.15, 0.2) is 5.69 Å². The van der Waals surface area contributed by atoms with E-state index in [0.29, 0.717) is 18.9 Å². The van der Waals surface area contributed by atoms with Crippen LogP contribution in [0.25, 0.3) is 0 Å². The second-order valence-electron chi connectivity index (χ2n) is 11.4. The molecule has 1 aromatic rings. The smallest absolute Gasteiger partial charge is 0.273 e. The predicted molar refractivity (Wildman–Crippen MR) is 145 cm³/mol. The molecule has 0 aromatic carbocycles. The minimum absolute atomic E-state index is 0.0156. The number of nitrogens with two attached hydrogens (primary N) is 1. The summed E-state index contributed by atoms with van der Waals surface area (Å²) in [6, 6.07) is -0.460. The van der Waals surface area contributed by atoms with Gasteiger partial charge in [-0.3, -0.25) is 14.4 Å². The van der Waals surface area contributed by atoms with Crippen LogP contribution in [0, 0.1) is 11.8 Å². The number of aromatic nitrogens is 1. The average molecular weight is 520 g/mol. The first-order chi connectivity index (χ1) is 17.2. The Morgan fingerprint density at radius 3 is 2.25 bits per heavy atom. The molecule has 0 saturated heterocycles. The van der Waals surface area contributed by atoms with Crippen LogP contribution in [0.1, 0.15) is 118 Å². The van der Waals surface area contributed by atoms with E-state index < -0.39 is 6.04 Å². The molecule has 202 valence electrons. The van der Waals surface area contributed by atoms with E-state index in [0.717, 1.165) is 69.3 Å². The highest BCUT2D eigenvalue weighted by atomic mass is 32.1. The molecule has 1 atom stereocenters. The molecular formula is C27H45N5O3S. The maximum absolute atomic E-state index is 14.0. The normalized spacial score (nSPS) is 17.9. The second kappa shape index (κ2) is 13.4. The van der Waals surface area contributed by atoms with Crippen LogP contribution in [0.2, 0.25) is 0 Å². The van der Waals surface area contributed by atoms with Gasteiger partial charge in [0, 0.05) is 18.6 Å². The summed E-state index contributed by atoms with van der Waals surface area (Å²) in [5.41, 5.74) is 6.63. The van der Waals surface area contributed by atoms with Crippen molar-refractivity contribution in [2.75, 3.05) is 12.3 Å². The highest BCUT2D eigenvalue weighted by Crippen LogP contribution is 2.32. The van der Waals surface area contributed by atoms with Crippen molar-refractivity contribution < 1.29 is 14.4 Å². The van der Waals surface area contributed by atoms with Crippen molar-refractivity contribution in [1.82, 2.24) is 19.9 Å². The molecule has 0 spiro atoms. The van der Waals surface area contributed by atoms with E-state index in [1.807, 2.05) is 0 Å². The topological polar surface area (TPSA) is 117 Å². The number of rotatable bonds is 11. The van der Waals surface area contributed by atoms with Crippen LogP contribution in [-0.2, 0) is 4.79 Å². The number of carbonyl (C=O) groups excluding carboxylic acids is 3. The van der Waals surface area contributed by atoms with Gasteiger partial charge in [-0.2, -0.15) is 4.37 Å². The first kappa shape index (κ1) is 28.4. The van der Waals surface area contributed by atoms with Crippen molar-refractivity contribution in [3.8, 4) is 0 Å². The van der Waals surface area contributed by atoms with Crippen LogP contribution >= 0.6 is 11.5 Å². The summed E-state index contributed by atoms with van der Waals surface area (Å²) in [6.07, 6.45) is 10.6. The summed E-state index contributed by atoms with van der Waals surface area (Å²) in [6.45, 7) is 8.98. The quantitative estimate of drug-likeness (QED) is 0.390. The molecule has 1 heterocycles. The predicted octanol–water partition coefficient (Wildman–Crippen LogP) is 4.75. The van der Waals surface area contributed by atoms with Crippen LogP contribution in [0.4, 0.5) is 5.69 Å². The fraction of sp³-hybridized carbons (Fsp3) is 0.778. The molecule has 1 aromatic heterocycles. The van der Waals surface area contributed by atoms with E-state index in [4.69, 9.17) is 5.73 Å². The van der Waals surface area contributed by atoms with Crippen molar-refractivity contribution >= 4 is 34.9 Å². The van der Waals surface area contributed by atoms with Gasteiger partial charge in [-0.05, 0) is 61.9 Å². The fourth-order valence-corrected chi connectivity index (χ4v) is 6.12. The van der Waals surface area contributed by atoms with Crippen molar-refractivity contribution in [2.45, 2.75) is 116 Å². The van der Waals surface area contributed by atoms with Gasteiger partial charge < -0.3 is 21.3 Å². The third kappa shape index (κ3) is 7.43. The SMILES string of the molecule is CC(C)CCNC(=O)[C@H](CC(C)C)N(C(=O)c1snc(C(=O)NC2CCCCC2)c1N)C1CCCC1. The van der Waals surface area contributed by atoms with E-state index in [2.05, 4.69) is 42.7 Å². The summed E-state index contributed by atoms with van der Waals surface area (Å²) < 4.78 is 4.30. The minimum Gasteiger partial charge on any atom is -0.395 e. The lowest BCUT2D eigenvalue weighted by Crippen LogP contribution is -2.54. The molecule has 9 heteroatoms. The number of nitrogen functional groups attached to an aromatic ring is 1. The Bertz CT molecular complexity index is 888. The zero-order valence-corrected chi connectivity index (χ0v) is 23.3. The monoisotopic (exact) mass is 519 g/mol. The van der Waals surface area contributed by atoms with Crippen LogP contribution in [0.5, 0.6) is 0 Å². The molecule has 36 heavy (non-hydrogen) atoms. The number of hydrogen-bond acceptors (Lipinski definition) is 6. The van der Waals surface area contributed by atoms with Crippen LogP contribution in [-0.4, -0.2) is 51.7 Å². The molecule has 2 fully saturated rings. The van der Waals surface area contributed by atoms with Gasteiger partial charge >= 0.3 is 0 Å². The van der Waals surface area contributed by atoms with Gasteiger partial charge in [-0.1, -0.05) is 59.8 Å². The first-order valence-corrected chi connectivity index (χ1v) is 14.6. The number of amides is 3. The Morgan fingerprint density at radius 2 is 1.64 bits per heavy atom. The number of anilines is 1. The molecule has 8 nitrogen and oxygen atoms in total. The number of nitrogens with zero attached hydrogens (tertiary/aromatic N) is 2. The summed E-state index contributed by atoms with van der Waals surface area (Å²) in [5, 5.41) is 6.12. The van der Waals surface area contributed by atoms with Crippen LogP contribution in [0.3, 0.4) is 0 Å². The van der Waals surface area contributed by atoms with E-state index in [9.17, 15) is 14.4 Å². The number of carbonyl (C=O) groups is 3. The first-order valence-electron chi connectivity index (χ1n) is 13.8. The molecule has 4 N–H and O–H groups in total. The Hall–Kier alpha value is -2.16. The number of nitrogens with one attached hydrogen (secondary N) is 2. The summed E-state index contributed by atoms with van der Waals surface area (Å²) >= 11 is 0.973. The van der Waals surface area contributed by atoms with E-state index in [1.165, 1.54) is 6.42 Å². The molecule has 0 bridgehead atoms. The lowest BCUT2D eigenvalue weighted by atomic mass is 9.95. The molecule has 2 aliphatic carbocycles.